The molecule has 0 aliphatic rings. The Morgan fingerprint density at radius 2 is 1.59 bits per heavy atom. The van der Waals surface area contributed by atoms with Crippen LogP contribution < -0.4 is 0 Å². The Morgan fingerprint density at radius 1 is 0.875 bits per heavy atom. The molecule has 0 amide bonds. The molecular weight excluding hydrogens is 404 g/mol. The predicted octanol–water partition coefficient (Wildman–Crippen LogP) is 5.19. The SMILES string of the molecule is Cc1cc(C(=O)COC(=O)c2cc(C)n(-c3ccccc3)c2C)c(C)n1Cc1ccco1. The van der Waals surface area contributed by atoms with E-state index in [1.54, 1.807) is 12.3 Å². The second-order valence-electron chi connectivity index (χ2n) is 7.91. The van der Waals surface area contributed by atoms with Crippen LogP contribution in [0.2, 0.25) is 0 Å². The van der Waals surface area contributed by atoms with E-state index in [0.717, 1.165) is 34.2 Å². The van der Waals surface area contributed by atoms with Crippen LogP contribution in [0.3, 0.4) is 0 Å². The molecule has 6 nitrogen and oxygen atoms in total. The number of nitrogens with zero attached hydrogens (tertiary/aromatic N) is 2. The number of esters is 1. The highest BCUT2D eigenvalue weighted by atomic mass is 16.5. The Labute approximate surface area is 187 Å². The first kappa shape index (κ1) is 21.4. The first-order chi connectivity index (χ1) is 15.4. The molecule has 4 aromatic rings. The first-order valence-corrected chi connectivity index (χ1v) is 10.5. The van der Waals surface area contributed by atoms with E-state index in [-0.39, 0.29) is 12.4 Å². The quantitative estimate of drug-likeness (QED) is 0.299. The highest BCUT2D eigenvalue weighted by molar-refractivity contribution is 6.00. The predicted molar refractivity (Wildman–Crippen MR) is 122 cm³/mol. The molecule has 0 spiro atoms. The fraction of sp³-hybridized carbons (Fsp3) is 0.231. The maximum Gasteiger partial charge on any atom is 0.340 e. The Morgan fingerprint density at radius 3 is 2.28 bits per heavy atom. The second kappa shape index (κ2) is 8.75. The molecule has 0 radical (unpaired) electrons. The van der Waals surface area contributed by atoms with Crippen molar-refractivity contribution in [2.24, 2.45) is 0 Å². The highest BCUT2D eigenvalue weighted by Gasteiger charge is 2.21. The van der Waals surface area contributed by atoms with E-state index in [1.165, 1.54) is 0 Å². The van der Waals surface area contributed by atoms with E-state index >= 15 is 0 Å². The fourth-order valence-corrected chi connectivity index (χ4v) is 4.12. The number of carbonyl (C=O) groups excluding carboxylic acids is 2. The zero-order chi connectivity index (χ0) is 22.8. The van der Waals surface area contributed by atoms with Gasteiger partial charge >= 0.3 is 5.97 Å². The van der Waals surface area contributed by atoms with Crippen LogP contribution in [0.4, 0.5) is 0 Å². The van der Waals surface area contributed by atoms with Crippen molar-refractivity contribution in [3.05, 3.63) is 101 Å². The summed E-state index contributed by atoms with van der Waals surface area (Å²) in [6, 6.07) is 17.2. The first-order valence-electron chi connectivity index (χ1n) is 10.5. The van der Waals surface area contributed by atoms with Crippen LogP contribution >= 0.6 is 0 Å². The minimum Gasteiger partial charge on any atom is -0.467 e. The molecular formula is C26H26N2O4. The summed E-state index contributed by atoms with van der Waals surface area (Å²) in [6.07, 6.45) is 1.63. The summed E-state index contributed by atoms with van der Waals surface area (Å²) in [5.41, 5.74) is 5.46. The molecule has 0 saturated carbocycles. The van der Waals surface area contributed by atoms with Gasteiger partial charge in [-0.3, -0.25) is 4.79 Å². The Kier molecular flexibility index (Phi) is 5.86. The minimum absolute atomic E-state index is 0.228. The minimum atomic E-state index is -0.502. The third-order valence-corrected chi connectivity index (χ3v) is 5.77. The summed E-state index contributed by atoms with van der Waals surface area (Å²) in [6.45, 7) is 7.88. The number of aromatic nitrogens is 2. The molecule has 0 saturated heterocycles. The topological polar surface area (TPSA) is 66.4 Å². The number of hydrogen-bond donors (Lipinski definition) is 0. The number of para-hydroxylation sites is 1. The Bertz CT molecular complexity index is 1260. The van der Waals surface area contributed by atoms with Gasteiger partial charge in [0, 0.05) is 34.0 Å². The average molecular weight is 431 g/mol. The van der Waals surface area contributed by atoms with E-state index < -0.39 is 5.97 Å². The zero-order valence-electron chi connectivity index (χ0n) is 18.7. The van der Waals surface area contributed by atoms with Gasteiger partial charge < -0.3 is 18.3 Å². The van der Waals surface area contributed by atoms with E-state index in [0.29, 0.717) is 17.7 Å². The molecule has 0 unspecified atom stereocenters. The zero-order valence-corrected chi connectivity index (χ0v) is 18.7. The van der Waals surface area contributed by atoms with Crippen molar-refractivity contribution in [3.63, 3.8) is 0 Å². The third-order valence-electron chi connectivity index (χ3n) is 5.77. The Balaban J connectivity index is 1.48. The lowest BCUT2D eigenvalue weighted by Gasteiger charge is -2.10. The molecule has 0 aliphatic heterocycles. The molecule has 3 heterocycles. The lowest BCUT2D eigenvalue weighted by atomic mass is 10.1. The lowest BCUT2D eigenvalue weighted by Crippen LogP contribution is -2.15. The van der Waals surface area contributed by atoms with Crippen LogP contribution in [0.25, 0.3) is 5.69 Å². The van der Waals surface area contributed by atoms with Gasteiger partial charge in [0.15, 0.2) is 6.61 Å². The Hall–Kier alpha value is -3.80. The molecule has 0 N–H and O–H groups in total. The van der Waals surface area contributed by atoms with Crippen LogP contribution in [-0.2, 0) is 11.3 Å². The molecule has 0 bridgehead atoms. The van der Waals surface area contributed by atoms with Gasteiger partial charge in [-0.1, -0.05) is 18.2 Å². The molecule has 32 heavy (non-hydrogen) atoms. The number of aryl methyl sites for hydroxylation is 2. The number of hydrogen-bond acceptors (Lipinski definition) is 4. The average Bonchev–Trinajstić information content (AvgIpc) is 3.47. The molecule has 6 heteroatoms. The van der Waals surface area contributed by atoms with Gasteiger partial charge in [0.05, 0.1) is 18.4 Å². The standard InChI is InChI=1S/C26H26N2O4/c1-17-13-23(19(3)27(17)15-22-11-8-12-31-22)25(29)16-32-26(30)24-14-18(2)28(20(24)4)21-9-6-5-7-10-21/h5-14H,15-16H2,1-4H3. The van der Waals surface area contributed by atoms with E-state index in [9.17, 15) is 9.59 Å². The van der Waals surface area contributed by atoms with Crippen molar-refractivity contribution in [2.75, 3.05) is 6.61 Å². The molecule has 164 valence electrons. The van der Waals surface area contributed by atoms with Crippen LogP contribution in [0.15, 0.2) is 65.3 Å². The van der Waals surface area contributed by atoms with Gasteiger partial charge in [-0.25, -0.2) is 4.79 Å². The van der Waals surface area contributed by atoms with Gasteiger partial charge in [-0.15, -0.1) is 0 Å². The van der Waals surface area contributed by atoms with Crippen molar-refractivity contribution in [1.29, 1.82) is 0 Å². The molecule has 4 rings (SSSR count). The maximum absolute atomic E-state index is 12.8. The number of Topliss-reactive ketones (excluding diaryl/α,β-unsaturated/α-hetero) is 1. The number of carbonyl (C=O) groups is 2. The fourth-order valence-electron chi connectivity index (χ4n) is 4.12. The van der Waals surface area contributed by atoms with E-state index in [1.807, 2.05) is 85.4 Å². The summed E-state index contributed by atoms with van der Waals surface area (Å²) in [7, 11) is 0. The van der Waals surface area contributed by atoms with Crippen molar-refractivity contribution in [2.45, 2.75) is 34.2 Å². The van der Waals surface area contributed by atoms with Gasteiger partial charge in [0.1, 0.15) is 5.76 Å². The van der Waals surface area contributed by atoms with Gasteiger partial charge in [-0.05, 0) is 64.1 Å². The number of furan rings is 1. The summed E-state index contributed by atoms with van der Waals surface area (Å²) < 4.78 is 14.8. The molecule has 0 aliphatic carbocycles. The van der Waals surface area contributed by atoms with Crippen molar-refractivity contribution < 1.29 is 18.7 Å². The van der Waals surface area contributed by atoms with Gasteiger partial charge in [0.2, 0.25) is 5.78 Å². The van der Waals surface area contributed by atoms with Crippen LogP contribution in [0.5, 0.6) is 0 Å². The third kappa shape index (κ3) is 4.04. The number of benzene rings is 1. The monoisotopic (exact) mass is 430 g/mol. The smallest absolute Gasteiger partial charge is 0.340 e. The molecule has 1 aromatic carbocycles. The number of ketones is 1. The molecule has 0 fully saturated rings. The summed E-state index contributed by atoms with van der Waals surface area (Å²) in [4.78, 5) is 25.6. The maximum atomic E-state index is 12.8. The lowest BCUT2D eigenvalue weighted by molar-refractivity contribution is 0.0474. The molecule has 0 atom stereocenters. The number of rotatable bonds is 7. The van der Waals surface area contributed by atoms with Crippen LogP contribution in [-0.4, -0.2) is 27.5 Å². The highest BCUT2D eigenvalue weighted by Crippen LogP contribution is 2.22. The summed E-state index contributed by atoms with van der Waals surface area (Å²) in [5, 5.41) is 0. The molecule has 3 aromatic heterocycles. The van der Waals surface area contributed by atoms with Gasteiger partial charge in [-0.2, -0.15) is 0 Å². The van der Waals surface area contributed by atoms with Crippen molar-refractivity contribution in [1.82, 2.24) is 9.13 Å². The number of ether oxygens (including phenoxy) is 1. The largest absolute Gasteiger partial charge is 0.467 e. The van der Waals surface area contributed by atoms with Crippen molar-refractivity contribution >= 4 is 11.8 Å². The van der Waals surface area contributed by atoms with Crippen LogP contribution in [0, 0.1) is 27.7 Å². The van der Waals surface area contributed by atoms with Crippen molar-refractivity contribution in [3.8, 4) is 5.69 Å². The van der Waals surface area contributed by atoms with E-state index in [2.05, 4.69) is 0 Å². The van der Waals surface area contributed by atoms with E-state index in [4.69, 9.17) is 9.15 Å². The summed E-state index contributed by atoms with van der Waals surface area (Å²) >= 11 is 0. The second-order valence-corrected chi connectivity index (χ2v) is 7.91. The summed E-state index contributed by atoms with van der Waals surface area (Å²) in [5.74, 6) is 0.0815. The van der Waals surface area contributed by atoms with Crippen LogP contribution in [0.1, 0.15) is 49.3 Å². The normalized spacial score (nSPS) is 11.0. The van der Waals surface area contributed by atoms with Gasteiger partial charge in [0.25, 0.3) is 0 Å².